The highest BCUT2D eigenvalue weighted by Gasteiger charge is 2.46. The number of aliphatic hydroxyl groups excluding tert-OH is 1. The van der Waals surface area contributed by atoms with Crippen molar-refractivity contribution >= 4 is 70.7 Å². The number of nitrogens with one attached hydrogen (secondary N) is 3. The number of rotatable bonds is 22. The van der Waals surface area contributed by atoms with E-state index in [1.165, 1.54) is 51.0 Å². The summed E-state index contributed by atoms with van der Waals surface area (Å²) in [4.78, 5) is 121. The van der Waals surface area contributed by atoms with Crippen LogP contribution in [0, 0.1) is 5.92 Å². The van der Waals surface area contributed by atoms with Gasteiger partial charge < -0.3 is 54.5 Å². The van der Waals surface area contributed by atoms with Crippen molar-refractivity contribution in [2.45, 2.75) is 123 Å². The summed E-state index contributed by atoms with van der Waals surface area (Å²) in [5.74, 6) is -1.99. The number of imide groups is 1. The maximum atomic E-state index is 14.8. The number of unbranched alkanes of at least 4 members (excludes halogenated alkanes) is 2. The molecule has 8 amide bonds. The van der Waals surface area contributed by atoms with Crippen LogP contribution >= 0.6 is 0 Å². The van der Waals surface area contributed by atoms with Crippen LogP contribution in [0.2, 0.25) is 0 Å². The Morgan fingerprint density at radius 1 is 0.652 bits per heavy atom. The van der Waals surface area contributed by atoms with E-state index in [-0.39, 0.29) is 104 Å². The van der Waals surface area contributed by atoms with Gasteiger partial charge in [0, 0.05) is 68.4 Å². The molecule has 0 saturated heterocycles. The van der Waals surface area contributed by atoms with Gasteiger partial charge in [0.25, 0.3) is 23.6 Å². The molecule has 0 spiro atoms. The minimum Gasteiger partial charge on any atom is -0.493 e. The zero-order valence-electron chi connectivity index (χ0n) is 51.6. The topological polar surface area (TPSA) is 277 Å². The summed E-state index contributed by atoms with van der Waals surface area (Å²) in [6.45, 7) is 5.65. The zero-order chi connectivity index (χ0) is 64.7. The van der Waals surface area contributed by atoms with E-state index in [1.807, 2.05) is 53.6 Å². The number of anilines is 2. The van der Waals surface area contributed by atoms with Gasteiger partial charge in [0.05, 0.1) is 54.5 Å². The van der Waals surface area contributed by atoms with E-state index in [4.69, 9.17) is 28.7 Å². The molecule has 0 saturated carbocycles. The first-order valence-electron chi connectivity index (χ1n) is 30.6. The Labute approximate surface area is 531 Å². The van der Waals surface area contributed by atoms with Crippen LogP contribution in [0.15, 0.2) is 133 Å². The Balaban J connectivity index is 0.733. The van der Waals surface area contributed by atoms with Crippen molar-refractivity contribution in [1.82, 2.24) is 30.3 Å². The maximum Gasteiger partial charge on any atom is 0.416 e. The van der Waals surface area contributed by atoms with Crippen molar-refractivity contribution in [1.29, 1.82) is 0 Å². The Morgan fingerprint density at radius 3 is 1.99 bits per heavy atom. The molecule has 0 fully saturated rings. The second-order valence-corrected chi connectivity index (χ2v) is 23.5. The van der Waals surface area contributed by atoms with Gasteiger partial charge in [-0.15, -0.1) is 0 Å². The quantitative estimate of drug-likeness (QED) is 0.0375. The fourth-order valence-corrected chi connectivity index (χ4v) is 11.9. The first-order valence-corrected chi connectivity index (χ1v) is 30.6. The van der Waals surface area contributed by atoms with E-state index in [1.54, 1.807) is 73.5 Å². The lowest BCUT2D eigenvalue weighted by molar-refractivity contribution is -0.137. The summed E-state index contributed by atoms with van der Waals surface area (Å²) in [6.07, 6.45) is 5.94. The van der Waals surface area contributed by atoms with Gasteiger partial charge in [0.15, 0.2) is 29.2 Å². The molecule has 5 atom stereocenters. The molecule has 5 aliphatic rings. The number of hydrogen-bond acceptors (Lipinski definition) is 16. The molecule has 0 bridgehead atoms. The van der Waals surface area contributed by atoms with E-state index in [2.05, 4.69) is 27.0 Å². The average molecular weight is 1250 g/mol. The highest BCUT2D eigenvalue weighted by Crippen LogP contribution is 2.43. The fraction of sp³-hybridized carbons (Fsp3) is 0.333. The minimum absolute atomic E-state index is 0.0119. The molecule has 5 aliphatic heterocycles. The van der Waals surface area contributed by atoms with Crippen LogP contribution in [-0.4, -0.2) is 130 Å². The minimum atomic E-state index is -1.60. The summed E-state index contributed by atoms with van der Waals surface area (Å²) in [6, 6.07) is 29.0. The summed E-state index contributed by atoms with van der Waals surface area (Å²) < 4.78 is 30.2. The standard InChI is InChI=1S/C69H71N9O14/c1-40(2)63(74-60(79)17-7-6-12-26-75-61(80)22-23-62(75)81)65(83)72-41(3)64(82)73-48-20-18-42(19-21-48)37-92-69(87)78-54-33-59(57(89-5)31-52(54)67(85)77-36-47-16-11-9-14-45(47)29-55(77)68(78)86)91-39-49-27-43(24-25-70-49)38-90-58-32-53-51(30-56(58)88-4)66(84)76-35-46-15-10-8-13-44(46)28-50(76)34-71-53/h8-11,13-16,18-25,27,30-34,40-41,50,55,63,68,86H,6-7,12,17,26,28-29,35-39H2,1-5H3,(H,72,83)(H,73,82)(H,74,79)/t41-,50-,55?,63-,68?/m0/s1. The Bertz CT molecular complexity index is 3910. The molecule has 0 radical (unpaired) electrons. The van der Waals surface area contributed by atoms with Gasteiger partial charge >= 0.3 is 6.09 Å². The lowest BCUT2D eigenvalue weighted by atomic mass is 9.93. The third-order valence-corrected chi connectivity index (χ3v) is 17.0. The van der Waals surface area contributed by atoms with Crippen LogP contribution in [0.3, 0.4) is 0 Å². The van der Waals surface area contributed by atoms with Crippen LogP contribution in [0.4, 0.5) is 21.9 Å². The molecule has 11 rings (SSSR count). The fourth-order valence-electron chi connectivity index (χ4n) is 11.9. The zero-order valence-corrected chi connectivity index (χ0v) is 51.6. The number of carbonyl (C=O) groups excluding carboxylic acids is 8. The third-order valence-electron chi connectivity index (χ3n) is 17.0. The van der Waals surface area contributed by atoms with E-state index in [0.717, 1.165) is 32.1 Å². The monoisotopic (exact) mass is 1250 g/mol. The summed E-state index contributed by atoms with van der Waals surface area (Å²) >= 11 is 0. The van der Waals surface area contributed by atoms with Crippen LogP contribution in [-0.2, 0) is 74.5 Å². The number of aliphatic hydroxyl groups is 1. The van der Waals surface area contributed by atoms with Gasteiger partial charge in [-0.2, -0.15) is 0 Å². The normalized spacial score (nSPS) is 17.6. The van der Waals surface area contributed by atoms with Crippen LogP contribution in [0.1, 0.15) is 106 Å². The van der Waals surface area contributed by atoms with Crippen LogP contribution < -0.4 is 39.8 Å². The molecule has 2 unspecified atom stereocenters. The summed E-state index contributed by atoms with van der Waals surface area (Å²) in [5.41, 5.74) is 7.14. The molecule has 0 aliphatic carbocycles. The van der Waals surface area contributed by atoms with Gasteiger partial charge in [-0.3, -0.25) is 48.4 Å². The van der Waals surface area contributed by atoms with Gasteiger partial charge in [-0.1, -0.05) is 80.9 Å². The van der Waals surface area contributed by atoms with E-state index >= 15 is 0 Å². The molecule has 476 valence electrons. The van der Waals surface area contributed by atoms with Crippen molar-refractivity contribution in [2.24, 2.45) is 10.9 Å². The molecule has 92 heavy (non-hydrogen) atoms. The van der Waals surface area contributed by atoms with Crippen molar-refractivity contribution in [3.63, 3.8) is 0 Å². The highest BCUT2D eigenvalue weighted by molar-refractivity contribution is 6.13. The predicted octanol–water partition coefficient (Wildman–Crippen LogP) is 7.65. The van der Waals surface area contributed by atoms with Crippen molar-refractivity contribution in [3.8, 4) is 23.0 Å². The van der Waals surface area contributed by atoms with Gasteiger partial charge in [0.2, 0.25) is 17.7 Å². The van der Waals surface area contributed by atoms with Gasteiger partial charge in [-0.05, 0) is 108 Å². The molecular weight excluding hydrogens is 1180 g/mol. The molecule has 6 heterocycles. The molecule has 5 aromatic carbocycles. The molecule has 23 heteroatoms. The lowest BCUT2D eigenvalue weighted by Crippen LogP contribution is -2.55. The number of carbonyl (C=O) groups is 8. The van der Waals surface area contributed by atoms with Gasteiger partial charge in [-0.25, -0.2) is 9.69 Å². The number of methoxy groups -OCH3 is 2. The van der Waals surface area contributed by atoms with Crippen molar-refractivity contribution < 1.29 is 67.1 Å². The lowest BCUT2D eigenvalue weighted by Gasteiger charge is -2.39. The maximum absolute atomic E-state index is 14.8. The first kappa shape index (κ1) is 63.2. The number of pyridine rings is 1. The molecule has 4 N–H and O–H groups in total. The summed E-state index contributed by atoms with van der Waals surface area (Å²) in [5, 5.41) is 20.6. The number of aliphatic imine (C=N–C) groups is 1. The van der Waals surface area contributed by atoms with Gasteiger partial charge in [0.1, 0.15) is 31.9 Å². The number of ether oxygens (including phenoxy) is 5. The number of fused-ring (bicyclic) bond motifs is 6. The molecule has 23 nitrogen and oxygen atoms in total. The van der Waals surface area contributed by atoms with E-state index in [9.17, 15) is 43.5 Å². The predicted molar refractivity (Wildman–Crippen MR) is 337 cm³/mol. The Morgan fingerprint density at radius 2 is 1.29 bits per heavy atom. The van der Waals surface area contributed by atoms with Crippen LogP contribution in [0.25, 0.3) is 0 Å². The van der Waals surface area contributed by atoms with Crippen molar-refractivity contribution in [2.75, 3.05) is 31.0 Å². The van der Waals surface area contributed by atoms with Crippen molar-refractivity contribution in [3.05, 3.63) is 178 Å². The van der Waals surface area contributed by atoms with E-state index < -0.39 is 48.2 Å². The molecule has 1 aromatic heterocycles. The number of nitrogens with zero attached hydrogens (tertiary/aromatic N) is 6. The smallest absolute Gasteiger partial charge is 0.416 e. The number of aromatic nitrogens is 1. The largest absolute Gasteiger partial charge is 0.493 e. The highest BCUT2D eigenvalue weighted by atomic mass is 16.6. The number of hydrogen-bond donors (Lipinski definition) is 4. The second-order valence-electron chi connectivity index (χ2n) is 23.5. The van der Waals surface area contributed by atoms with E-state index in [0.29, 0.717) is 71.9 Å². The Hall–Kier alpha value is -10.4. The van der Waals surface area contributed by atoms with Crippen LogP contribution in [0.5, 0.6) is 23.0 Å². The molecule has 6 aromatic rings. The number of amides is 8. The second kappa shape index (κ2) is 27.8. The Kier molecular flexibility index (Phi) is 19.1. The number of benzene rings is 5. The average Bonchev–Trinajstić information content (AvgIpc) is 1.58. The first-order chi connectivity index (χ1) is 44.4. The SMILES string of the molecule is COc1cc2c(cc1OCc1ccnc(COc3cc4c(cc3OC)C(=O)N3Cc5ccccc5CC3C(O)N4C(=O)OCc3ccc(NC(=O)[C@H](C)NC(=O)[C@@H](NC(=O)CCCCCN4C(=O)C=CC4=O)C(C)C)cc3)c1)N=C[C@@H]1Cc3ccccc3CN1C2=O. The molecular formula is C69H71N9O14. The third kappa shape index (κ3) is 13.8. The summed E-state index contributed by atoms with van der Waals surface area (Å²) in [7, 11) is 2.94.